The molecule has 98 valence electrons. The SMILES string of the molecule is O=C(O)NCc1ccc(NCC2CCCN2)cc1. The first-order valence-electron chi connectivity index (χ1n) is 6.27. The highest BCUT2D eigenvalue weighted by Gasteiger charge is 2.12. The van der Waals surface area contributed by atoms with Gasteiger partial charge >= 0.3 is 6.09 Å². The average Bonchev–Trinajstić information content (AvgIpc) is 2.88. The summed E-state index contributed by atoms with van der Waals surface area (Å²) in [5.74, 6) is 0. The van der Waals surface area contributed by atoms with Crippen molar-refractivity contribution in [2.45, 2.75) is 25.4 Å². The van der Waals surface area contributed by atoms with Gasteiger partial charge in [-0.2, -0.15) is 0 Å². The Labute approximate surface area is 107 Å². The maximum absolute atomic E-state index is 10.4. The molecular formula is C13H19N3O2. The highest BCUT2D eigenvalue weighted by Crippen LogP contribution is 2.11. The van der Waals surface area contributed by atoms with E-state index in [9.17, 15) is 4.79 Å². The Bertz CT molecular complexity index is 386. The number of hydrogen-bond acceptors (Lipinski definition) is 3. The van der Waals surface area contributed by atoms with Crippen LogP contribution in [-0.4, -0.2) is 30.3 Å². The van der Waals surface area contributed by atoms with Crippen LogP contribution in [0.25, 0.3) is 0 Å². The zero-order valence-corrected chi connectivity index (χ0v) is 10.3. The second-order valence-corrected chi connectivity index (χ2v) is 4.53. The van der Waals surface area contributed by atoms with E-state index in [1.54, 1.807) is 0 Å². The van der Waals surface area contributed by atoms with Crippen molar-refractivity contribution in [2.24, 2.45) is 0 Å². The van der Waals surface area contributed by atoms with Gasteiger partial charge in [0.1, 0.15) is 0 Å². The van der Waals surface area contributed by atoms with Gasteiger partial charge in [0.25, 0.3) is 0 Å². The Morgan fingerprint density at radius 1 is 1.39 bits per heavy atom. The standard InChI is InChI=1S/C13H19N3O2/c17-13(18)16-8-10-3-5-11(6-4-10)15-9-12-2-1-7-14-12/h3-6,12,14-16H,1-2,7-9H2,(H,17,18). The van der Waals surface area contributed by atoms with Crippen molar-refractivity contribution < 1.29 is 9.90 Å². The van der Waals surface area contributed by atoms with E-state index in [0.717, 1.165) is 24.3 Å². The Balaban J connectivity index is 1.77. The number of hydrogen-bond donors (Lipinski definition) is 4. The number of anilines is 1. The minimum absolute atomic E-state index is 0.347. The summed E-state index contributed by atoms with van der Waals surface area (Å²) in [7, 11) is 0. The molecule has 1 aromatic rings. The van der Waals surface area contributed by atoms with Gasteiger partial charge in [-0.1, -0.05) is 12.1 Å². The average molecular weight is 249 g/mol. The third-order valence-corrected chi connectivity index (χ3v) is 3.11. The molecule has 0 radical (unpaired) electrons. The van der Waals surface area contributed by atoms with E-state index < -0.39 is 6.09 Å². The largest absolute Gasteiger partial charge is 0.465 e. The van der Waals surface area contributed by atoms with Gasteiger partial charge in [-0.3, -0.25) is 0 Å². The maximum Gasteiger partial charge on any atom is 0.404 e. The molecule has 1 fully saturated rings. The minimum Gasteiger partial charge on any atom is -0.465 e. The van der Waals surface area contributed by atoms with Crippen LogP contribution in [0.2, 0.25) is 0 Å². The van der Waals surface area contributed by atoms with Gasteiger partial charge in [-0.15, -0.1) is 0 Å². The topological polar surface area (TPSA) is 73.4 Å². The maximum atomic E-state index is 10.4. The summed E-state index contributed by atoms with van der Waals surface area (Å²) in [4.78, 5) is 10.4. The number of carbonyl (C=O) groups is 1. The molecule has 1 amide bonds. The highest BCUT2D eigenvalue weighted by atomic mass is 16.4. The van der Waals surface area contributed by atoms with Crippen molar-refractivity contribution >= 4 is 11.8 Å². The molecule has 0 spiro atoms. The van der Waals surface area contributed by atoms with Crippen LogP contribution in [0.3, 0.4) is 0 Å². The summed E-state index contributed by atoms with van der Waals surface area (Å²) in [6.07, 6.45) is 1.49. The van der Waals surface area contributed by atoms with Gasteiger partial charge in [0.15, 0.2) is 0 Å². The zero-order valence-electron chi connectivity index (χ0n) is 10.3. The van der Waals surface area contributed by atoms with Gasteiger partial charge in [-0.25, -0.2) is 4.79 Å². The Kier molecular flexibility index (Phi) is 4.41. The summed E-state index contributed by atoms with van der Waals surface area (Å²) in [6.45, 7) is 2.40. The smallest absolute Gasteiger partial charge is 0.404 e. The Morgan fingerprint density at radius 2 is 2.17 bits per heavy atom. The molecule has 5 heteroatoms. The number of carboxylic acid groups (broad SMARTS) is 1. The molecule has 4 N–H and O–H groups in total. The molecule has 1 unspecified atom stereocenters. The lowest BCUT2D eigenvalue weighted by Crippen LogP contribution is -2.29. The van der Waals surface area contributed by atoms with Crippen LogP contribution in [0.5, 0.6) is 0 Å². The molecular weight excluding hydrogens is 230 g/mol. The van der Waals surface area contributed by atoms with Crippen LogP contribution < -0.4 is 16.0 Å². The summed E-state index contributed by atoms with van der Waals surface area (Å²) >= 11 is 0. The van der Waals surface area contributed by atoms with Crippen molar-refractivity contribution in [1.82, 2.24) is 10.6 Å². The van der Waals surface area contributed by atoms with E-state index in [1.165, 1.54) is 12.8 Å². The third-order valence-electron chi connectivity index (χ3n) is 3.11. The molecule has 0 bridgehead atoms. The number of nitrogens with one attached hydrogen (secondary N) is 3. The van der Waals surface area contributed by atoms with Crippen LogP contribution in [0.1, 0.15) is 18.4 Å². The molecule has 1 saturated heterocycles. The van der Waals surface area contributed by atoms with Crippen molar-refractivity contribution in [3.05, 3.63) is 29.8 Å². The first-order chi connectivity index (χ1) is 8.74. The fourth-order valence-corrected chi connectivity index (χ4v) is 2.09. The van der Waals surface area contributed by atoms with Gasteiger partial charge in [0, 0.05) is 24.8 Å². The summed E-state index contributed by atoms with van der Waals surface area (Å²) in [6, 6.07) is 8.39. The summed E-state index contributed by atoms with van der Waals surface area (Å²) in [5, 5.41) is 17.7. The first kappa shape index (κ1) is 12.7. The Hall–Kier alpha value is -1.75. The summed E-state index contributed by atoms with van der Waals surface area (Å²) in [5.41, 5.74) is 2.03. The number of amides is 1. The lowest BCUT2D eigenvalue weighted by atomic mass is 10.2. The van der Waals surface area contributed by atoms with Crippen molar-refractivity contribution in [3.63, 3.8) is 0 Å². The fourth-order valence-electron chi connectivity index (χ4n) is 2.09. The Morgan fingerprint density at radius 3 is 2.78 bits per heavy atom. The van der Waals surface area contributed by atoms with E-state index in [4.69, 9.17) is 5.11 Å². The predicted octanol–water partition coefficient (Wildman–Crippen LogP) is 1.62. The van der Waals surface area contributed by atoms with E-state index in [-0.39, 0.29) is 0 Å². The second-order valence-electron chi connectivity index (χ2n) is 4.53. The lowest BCUT2D eigenvalue weighted by molar-refractivity contribution is 0.194. The van der Waals surface area contributed by atoms with Crippen molar-refractivity contribution in [2.75, 3.05) is 18.4 Å². The van der Waals surface area contributed by atoms with Gasteiger partial charge in [0.05, 0.1) is 0 Å². The highest BCUT2D eigenvalue weighted by molar-refractivity contribution is 5.64. The fraction of sp³-hybridized carbons (Fsp3) is 0.462. The molecule has 18 heavy (non-hydrogen) atoms. The van der Waals surface area contributed by atoms with Gasteiger partial charge in [0.2, 0.25) is 0 Å². The monoisotopic (exact) mass is 249 g/mol. The molecule has 1 aliphatic rings. The van der Waals surface area contributed by atoms with Crippen LogP contribution in [0.4, 0.5) is 10.5 Å². The van der Waals surface area contributed by atoms with E-state index in [2.05, 4.69) is 16.0 Å². The molecule has 1 aromatic carbocycles. The molecule has 1 aliphatic heterocycles. The van der Waals surface area contributed by atoms with Gasteiger partial charge < -0.3 is 21.1 Å². The van der Waals surface area contributed by atoms with E-state index in [1.807, 2.05) is 24.3 Å². The molecule has 2 rings (SSSR count). The molecule has 0 saturated carbocycles. The second kappa shape index (κ2) is 6.26. The lowest BCUT2D eigenvalue weighted by Gasteiger charge is -2.12. The number of benzene rings is 1. The van der Waals surface area contributed by atoms with Crippen LogP contribution >= 0.6 is 0 Å². The third kappa shape index (κ3) is 3.92. The normalized spacial score (nSPS) is 18.6. The van der Waals surface area contributed by atoms with Crippen molar-refractivity contribution in [3.8, 4) is 0 Å². The van der Waals surface area contributed by atoms with E-state index in [0.29, 0.717) is 12.6 Å². The molecule has 0 aliphatic carbocycles. The van der Waals surface area contributed by atoms with Crippen LogP contribution in [0, 0.1) is 0 Å². The molecule has 1 atom stereocenters. The van der Waals surface area contributed by atoms with E-state index >= 15 is 0 Å². The van der Waals surface area contributed by atoms with Gasteiger partial charge in [-0.05, 0) is 37.1 Å². The predicted molar refractivity (Wildman–Crippen MR) is 70.8 cm³/mol. The summed E-state index contributed by atoms with van der Waals surface area (Å²) < 4.78 is 0. The quantitative estimate of drug-likeness (QED) is 0.640. The molecule has 5 nitrogen and oxygen atoms in total. The first-order valence-corrected chi connectivity index (χ1v) is 6.27. The van der Waals surface area contributed by atoms with Crippen molar-refractivity contribution in [1.29, 1.82) is 0 Å². The minimum atomic E-state index is -0.996. The van der Waals surface area contributed by atoms with Crippen LogP contribution in [-0.2, 0) is 6.54 Å². The molecule has 1 heterocycles. The number of rotatable bonds is 5. The van der Waals surface area contributed by atoms with Crippen LogP contribution in [0.15, 0.2) is 24.3 Å². The molecule has 0 aromatic heterocycles. The zero-order chi connectivity index (χ0) is 12.8.